The lowest BCUT2D eigenvalue weighted by molar-refractivity contribution is -0.140. The monoisotopic (exact) mass is 400 g/mol. The van der Waals surface area contributed by atoms with Gasteiger partial charge in [0.15, 0.2) is 0 Å². The lowest BCUT2D eigenvalue weighted by Gasteiger charge is -2.45. The Morgan fingerprint density at radius 2 is 1.46 bits per heavy atom. The van der Waals surface area contributed by atoms with E-state index in [0.717, 1.165) is 24.2 Å². The van der Waals surface area contributed by atoms with Crippen molar-refractivity contribution in [2.75, 3.05) is 0 Å². The zero-order valence-corrected chi connectivity index (χ0v) is 18.9. The van der Waals surface area contributed by atoms with Crippen LogP contribution in [-0.4, -0.2) is 6.18 Å². The summed E-state index contributed by atoms with van der Waals surface area (Å²) in [6.45, 7) is 10.4. The normalized spacial score (nSPS) is 48.0. The molecule has 2 spiro atoms. The smallest absolute Gasteiger partial charge is 0.171 e. The maximum atomic E-state index is 12.8. The van der Waals surface area contributed by atoms with Crippen LogP contribution in [0.1, 0.15) is 112 Å². The summed E-state index contributed by atoms with van der Waals surface area (Å²) < 4.78 is 38.3. The van der Waals surface area contributed by atoms with Gasteiger partial charge in [0.1, 0.15) is 0 Å². The first-order chi connectivity index (χ1) is 13.3. The average molecular weight is 401 g/mol. The summed E-state index contributed by atoms with van der Waals surface area (Å²) in [6, 6.07) is 0. The lowest BCUT2D eigenvalue weighted by Crippen LogP contribution is -2.39. The number of halogens is 3. The van der Waals surface area contributed by atoms with Crippen molar-refractivity contribution in [3.05, 3.63) is 0 Å². The minimum Gasteiger partial charge on any atom is -0.171 e. The predicted octanol–water partition coefficient (Wildman–Crippen LogP) is 8.79. The van der Waals surface area contributed by atoms with Crippen molar-refractivity contribution in [2.24, 2.45) is 39.9 Å². The maximum absolute atomic E-state index is 12.8. The molecule has 0 aromatic carbocycles. The van der Waals surface area contributed by atoms with Gasteiger partial charge in [-0.1, -0.05) is 47.5 Å². The first-order valence-corrected chi connectivity index (χ1v) is 12.4. The number of rotatable bonds is 2. The van der Waals surface area contributed by atoms with Crippen LogP contribution >= 0.6 is 0 Å². The van der Waals surface area contributed by atoms with E-state index in [4.69, 9.17) is 0 Å². The summed E-state index contributed by atoms with van der Waals surface area (Å²) in [5.41, 5.74) is 1.42. The fourth-order valence-corrected chi connectivity index (χ4v) is 9.37. The van der Waals surface area contributed by atoms with E-state index in [2.05, 4.69) is 6.92 Å². The molecular weight excluding hydrogens is 357 g/mol. The summed E-state index contributed by atoms with van der Waals surface area (Å²) in [5, 5.41) is 0. The fraction of sp³-hybridized carbons (Fsp3) is 1.00. The molecule has 0 nitrogen and oxygen atoms in total. The topological polar surface area (TPSA) is 0 Å². The van der Waals surface area contributed by atoms with Gasteiger partial charge in [0, 0.05) is 6.42 Å². The van der Waals surface area contributed by atoms with Gasteiger partial charge in [-0.2, -0.15) is 13.2 Å². The van der Waals surface area contributed by atoms with Crippen LogP contribution in [-0.2, 0) is 0 Å². The molecule has 0 N–H and O–H groups in total. The van der Waals surface area contributed by atoms with Crippen molar-refractivity contribution >= 4 is 0 Å². The quantitative estimate of drug-likeness (QED) is 0.434. The summed E-state index contributed by atoms with van der Waals surface area (Å²) >= 11 is 0. The standard InChI is InChI=1S/C21H31F3.2C2H6/c1-18-11-9-17-19-10-3-2-4-15(19)7-12-20(17,19)16(18)6-5-14(18)8-13-21(22,23)24;2*1-2/h14-17H,2-13H2,1H3;2*1-2H3. The average Bonchev–Trinajstić information content (AvgIpc) is 2.95. The number of hydrogen-bond acceptors (Lipinski definition) is 0. The van der Waals surface area contributed by atoms with Gasteiger partial charge in [0.2, 0.25) is 0 Å². The Morgan fingerprint density at radius 3 is 2.14 bits per heavy atom. The van der Waals surface area contributed by atoms with Crippen molar-refractivity contribution in [1.82, 2.24) is 0 Å². The van der Waals surface area contributed by atoms with E-state index in [-0.39, 0.29) is 5.41 Å². The molecule has 3 heteroatoms. The predicted molar refractivity (Wildman–Crippen MR) is 111 cm³/mol. The van der Waals surface area contributed by atoms with Crippen molar-refractivity contribution in [1.29, 1.82) is 0 Å². The van der Waals surface area contributed by atoms with Gasteiger partial charge >= 0.3 is 6.18 Å². The van der Waals surface area contributed by atoms with Crippen LogP contribution < -0.4 is 0 Å². The highest BCUT2D eigenvalue weighted by Crippen LogP contribution is 2.91. The first-order valence-electron chi connectivity index (χ1n) is 12.4. The van der Waals surface area contributed by atoms with Gasteiger partial charge in [0.25, 0.3) is 0 Å². The molecule has 5 aliphatic carbocycles. The van der Waals surface area contributed by atoms with Crippen LogP contribution in [0.4, 0.5) is 13.2 Å². The highest BCUT2D eigenvalue weighted by Gasteiger charge is 2.85. The Bertz CT molecular complexity index is 540. The Morgan fingerprint density at radius 1 is 0.750 bits per heavy atom. The highest BCUT2D eigenvalue weighted by atomic mass is 19.4. The van der Waals surface area contributed by atoms with Gasteiger partial charge < -0.3 is 0 Å². The largest absolute Gasteiger partial charge is 0.389 e. The van der Waals surface area contributed by atoms with E-state index in [1.807, 2.05) is 27.7 Å². The van der Waals surface area contributed by atoms with Crippen LogP contribution in [0, 0.1) is 39.9 Å². The molecule has 0 aromatic rings. The Labute approximate surface area is 171 Å². The number of hydrogen-bond donors (Lipinski definition) is 0. The van der Waals surface area contributed by atoms with Crippen LogP contribution in [0.15, 0.2) is 0 Å². The molecule has 0 aliphatic heterocycles. The Hall–Kier alpha value is -0.210. The third-order valence-corrected chi connectivity index (χ3v) is 9.96. The molecule has 0 radical (unpaired) electrons. The molecule has 7 unspecified atom stereocenters. The molecule has 164 valence electrons. The molecule has 5 rings (SSSR count). The lowest BCUT2D eigenvalue weighted by atomic mass is 9.59. The molecular formula is C25H43F3. The zero-order chi connectivity index (χ0) is 20.8. The molecule has 7 atom stereocenters. The van der Waals surface area contributed by atoms with Crippen molar-refractivity contribution in [2.45, 2.75) is 118 Å². The molecule has 0 amide bonds. The molecule has 5 fully saturated rings. The number of alkyl halides is 3. The van der Waals surface area contributed by atoms with Crippen molar-refractivity contribution in [3.63, 3.8) is 0 Å². The summed E-state index contributed by atoms with van der Waals surface area (Å²) in [5.74, 6) is 2.97. The third-order valence-electron chi connectivity index (χ3n) is 9.96. The molecule has 0 bridgehead atoms. The molecule has 0 saturated heterocycles. The fourth-order valence-electron chi connectivity index (χ4n) is 9.37. The van der Waals surface area contributed by atoms with E-state index in [0.29, 0.717) is 23.2 Å². The molecule has 0 heterocycles. The Kier molecular flexibility index (Phi) is 6.26. The van der Waals surface area contributed by atoms with Gasteiger partial charge in [-0.25, -0.2) is 0 Å². The SMILES string of the molecule is CC.CC.CC12CCC3C45CCCCC4CCC35C1CCC2CCC(F)(F)F. The van der Waals surface area contributed by atoms with E-state index >= 15 is 0 Å². The summed E-state index contributed by atoms with van der Waals surface area (Å²) in [7, 11) is 0. The van der Waals surface area contributed by atoms with E-state index in [1.165, 1.54) is 57.8 Å². The van der Waals surface area contributed by atoms with Gasteiger partial charge in [-0.05, 0) is 97.7 Å². The first kappa shape index (κ1) is 22.5. The number of fused-ring (bicyclic) bond motifs is 1. The minimum atomic E-state index is -3.98. The zero-order valence-electron chi connectivity index (χ0n) is 18.9. The van der Waals surface area contributed by atoms with Gasteiger partial charge in [-0.3, -0.25) is 0 Å². The summed E-state index contributed by atoms with van der Waals surface area (Å²) in [4.78, 5) is 0. The third kappa shape index (κ3) is 2.91. The molecule has 28 heavy (non-hydrogen) atoms. The Balaban J connectivity index is 0.000000531. The van der Waals surface area contributed by atoms with E-state index in [1.54, 1.807) is 0 Å². The van der Waals surface area contributed by atoms with Crippen LogP contribution in [0.3, 0.4) is 0 Å². The van der Waals surface area contributed by atoms with Crippen LogP contribution in [0.25, 0.3) is 0 Å². The van der Waals surface area contributed by atoms with Crippen LogP contribution in [0.2, 0.25) is 0 Å². The molecule has 5 saturated carbocycles. The van der Waals surface area contributed by atoms with E-state index in [9.17, 15) is 13.2 Å². The second kappa shape index (κ2) is 7.80. The van der Waals surface area contributed by atoms with Crippen molar-refractivity contribution < 1.29 is 13.2 Å². The second-order valence-corrected chi connectivity index (χ2v) is 10.1. The highest BCUT2D eigenvalue weighted by molar-refractivity contribution is 5.33. The molecule has 0 aromatic heterocycles. The van der Waals surface area contributed by atoms with Gasteiger partial charge in [0.05, 0.1) is 0 Å². The van der Waals surface area contributed by atoms with E-state index < -0.39 is 12.6 Å². The second-order valence-electron chi connectivity index (χ2n) is 10.1. The maximum Gasteiger partial charge on any atom is 0.389 e. The minimum absolute atomic E-state index is 0.206. The van der Waals surface area contributed by atoms with Gasteiger partial charge in [-0.15, -0.1) is 0 Å². The summed E-state index contributed by atoms with van der Waals surface area (Å²) in [6.07, 6.45) is 9.22. The van der Waals surface area contributed by atoms with Crippen LogP contribution in [0.5, 0.6) is 0 Å². The van der Waals surface area contributed by atoms with Crippen molar-refractivity contribution in [3.8, 4) is 0 Å². The molecule has 5 aliphatic rings.